The SMILES string of the molecule is [C-]#[N+]CCOP(OC1CC(n2ccc(NC(=O)C(CCC(C)CC(C)(C)C)C(C)CC(C)(C)C)nc2=O)OC1COC(c1ccccc1)(c1ccc(C)cc1)c1ccc(OC)cc1)N(C(C)C)C(C)C. The van der Waals surface area contributed by atoms with Crippen molar-refractivity contribution in [3.63, 3.8) is 0 Å². The maximum atomic E-state index is 14.2. The second-order valence-electron chi connectivity index (χ2n) is 22.3. The van der Waals surface area contributed by atoms with Crippen molar-refractivity contribution < 1.29 is 28.1 Å². The van der Waals surface area contributed by atoms with Gasteiger partial charge in [-0.15, -0.1) is 0 Å². The summed E-state index contributed by atoms with van der Waals surface area (Å²) in [5.41, 5.74) is 2.43. The Bertz CT molecular complexity index is 2330. The first-order chi connectivity index (χ1) is 33.0. The van der Waals surface area contributed by atoms with E-state index >= 15 is 0 Å². The highest BCUT2D eigenvalue weighted by atomic mass is 31.2. The minimum atomic E-state index is -1.69. The molecule has 0 aliphatic carbocycles. The first-order valence-corrected chi connectivity index (χ1v) is 26.4. The molecule has 4 aromatic rings. The predicted octanol–water partition coefficient (Wildman–Crippen LogP) is 13.0. The molecule has 3 aromatic carbocycles. The molecule has 0 saturated carbocycles. The van der Waals surface area contributed by atoms with Gasteiger partial charge in [0.05, 0.1) is 19.8 Å². The molecule has 70 heavy (non-hydrogen) atoms. The smallest absolute Gasteiger partial charge is 0.351 e. The van der Waals surface area contributed by atoms with E-state index in [-0.39, 0.29) is 72.7 Å². The summed E-state index contributed by atoms with van der Waals surface area (Å²) in [4.78, 5) is 36.3. The van der Waals surface area contributed by atoms with Crippen molar-refractivity contribution in [2.24, 2.45) is 28.6 Å². The second-order valence-corrected chi connectivity index (χ2v) is 23.7. The summed E-state index contributed by atoms with van der Waals surface area (Å²) in [6.45, 7) is 36.2. The molecule has 1 N–H and O–H groups in total. The number of carbonyl (C=O) groups is 1. The largest absolute Gasteiger partial charge is 0.497 e. The van der Waals surface area contributed by atoms with Crippen LogP contribution in [0, 0.1) is 42.1 Å². The molecule has 5 rings (SSSR count). The topological polar surface area (TPSA) is 118 Å². The van der Waals surface area contributed by atoms with Crippen molar-refractivity contribution in [1.29, 1.82) is 0 Å². The number of amides is 1. The lowest BCUT2D eigenvalue weighted by atomic mass is 9.76. The van der Waals surface area contributed by atoms with E-state index in [2.05, 4.69) is 146 Å². The molecular weight excluding hydrogens is 898 g/mol. The van der Waals surface area contributed by atoms with E-state index in [0.717, 1.165) is 53.7 Å². The molecule has 2 heterocycles. The van der Waals surface area contributed by atoms with Gasteiger partial charge in [0.15, 0.2) is 0 Å². The van der Waals surface area contributed by atoms with Crippen molar-refractivity contribution in [3.05, 3.63) is 135 Å². The Morgan fingerprint density at radius 1 is 0.871 bits per heavy atom. The molecule has 1 aromatic heterocycles. The predicted molar refractivity (Wildman–Crippen MR) is 283 cm³/mol. The standard InChI is InChI=1S/C57H82N5O7P/c1-39(2)62(40(3)4)70(67-34-32-58-14)69-49-35-52(61-33-31-51(60-54(61)64)59-53(63)48(43(7)37-56(11,12)13)30-23-42(6)36-55(8,9)10)68-50(49)38-66-57(44-19-17-16-18-20-44,45-24-21-41(5)22-25-45)46-26-28-47(65-15)29-27-46/h16-22,24-29,31,33,39-40,42-43,48-50,52H,23,30,32,34-38H2,1-13,15H3,(H,59,60,63,64). The van der Waals surface area contributed by atoms with Gasteiger partial charge < -0.3 is 33.4 Å². The minimum Gasteiger partial charge on any atom is -0.497 e. The summed E-state index contributed by atoms with van der Waals surface area (Å²) in [6, 6.07) is 28.2. The van der Waals surface area contributed by atoms with Crippen molar-refractivity contribution in [3.8, 4) is 5.75 Å². The molecule has 1 aliphatic heterocycles. The van der Waals surface area contributed by atoms with Crippen LogP contribution in [-0.4, -0.2) is 71.3 Å². The molecule has 0 radical (unpaired) electrons. The molecule has 0 spiro atoms. The van der Waals surface area contributed by atoms with Crippen LogP contribution in [0.3, 0.4) is 0 Å². The number of aromatic nitrogens is 2. The van der Waals surface area contributed by atoms with E-state index in [1.165, 1.54) is 4.57 Å². The van der Waals surface area contributed by atoms with E-state index < -0.39 is 38.3 Å². The van der Waals surface area contributed by atoms with Gasteiger partial charge in [-0.3, -0.25) is 9.36 Å². The first kappa shape index (κ1) is 56.4. The van der Waals surface area contributed by atoms with E-state index in [0.29, 0.717) is 5.92 Å². The molecule has 8 unspecified atom stereocenters. The lowest BCUT2D eigenvalue weighted by Crippen LogP contribution is -2.39. The summed E-state index contributed by atoms with van der Waals surface area (Å²) >= 11 is 0. The number of hydrogen-bond acceptors (Lipinski definition) is 9. The van der Waals surface area contributed by atoms with Gasteiger partial charge in [-0.2, -0.15) is 4.98 Å². The van der Waals surface area contributed by atoms with Crippen LogP contribution in [-0.2, 0) is 28.9 Å². The summed E-state index contributed by atoms with van der Waals surface area (Å²) in [5, 5.41) is 3.04. The van der Waals surface area contributed by atoms with Gasteiger partial charge in [-0.25, -0.2) is 16.0 Å². The molecule has 1 amide bonds. The maximum Gasteiger partial charge on any atom is 0.351 e. The van der Waals surface area contributed by atoms with Gasteiger partial charge in [-0.1, -0.05) is 128 Å². The van der Waals surface area contributed by atoms with Crippen LogP contribution in [0.5, 0.6) is 5.75 Å². The molecule has 1 saturated heterocycles. The summed E-state index contributed by atoms with van der Waals surface area (Å²) < 4.78 is 37.0. The van der Waals surface area contributed by atoms with Gasteiger partial charge in [0.25, 0.3) is 8.53 Å². The highest BCUT2D eigenvalue weighted by Crippen LogP contribution is 2.51. The fourth-order valence-corrected chi connectivity index (χ4v) is 11.8. The molecule has 12 nitrogen and oxygen atoms in total. The van der Waals surface area contributed by atoms with Crippen LogP contribution >= 0.6 is 8.53 Å². The van der Waals surface area contributed by atoms with Gasteiger partial charge in [-0.05, 0) is 118 Å². The van der Waals surface area contributed by atoms with Crippen LogP contribution in [0.2, 0.25) is 0 Å². The first-order valence-electron chi connectivity index (χ1n) is 25.2. The number of rotatable bonds is 24. The molecule has 1 fully saturated rings. The monoisotopic (exact) mass is 980 g/mol. The van der Waals surface area contributed by atoms with Crippen molar-refractivity contribution in [2.45, 2.75) is 158 Å². The van der Waals surface area contributed by atoms with E-state index in [1.54, 1.807) is 19.4 Å². The van der Waals surface area contributed by atoms with Gasteiger partial charge in [0.2, 0.25) is 12.5 Å². The summed E-state index contributed by atoms with van der Waals surface area (Å²) in [6.07, 6.45) is 3.49. The Balaban J connectivity index is 1.51. The van der Waals surface area contributed by atoms with Crippen LogP contribution in [0.1, 0.15) is 144 Å². The lowest BCUT2D eigenvalue weighted by Gasteiger charge is -2.39. The number of benzene rings is 3. The van der Waals surface area contributed by atoms with Crippen molar-refractivity contribution >= 4 is 20.3 Å². The fraction of sp³-hybridized carbons (Fsp3) is 0.579. The number of methoxy groups -OCH3 is 1. The molecule has 0 bridgehead atoms. The second kappa shape index (κ2) is 25.3. The number of ether oxygens (including phenoxy) is 3. The fourth-order valence-electron chi connectivity index (χ4n) is 10.1. The van der Waals surface area contributed by atoms with E-state index in [4.69, 9.17) is 29.8 Å². The highest BCUT2D eigenvalue weighted by Gasteiger charge is 2.45. The molecule has 1 aliphatic rings. The van der Waals surface area contributed by atoms with Gasteiger partial charge in [0, 0.05) is 30.6 Å². The summed E-state index contributed by atoms with van der Waals surface area (Å²) in [7, 11) is -0.0392. The van der Waals surface area contributed by atoms with Crippen LogP contribution in [0.4, 0.5) is 5.82 Å². The zero-order valence-electron chi connectivity index (χ0n) is 44.5. The zero-order chi connectivity index (χ0) is 51.4. The van der Waals surface area contributed by atoms with Crippen LogP contribution in [0.15, 0.2) is 95.9 Å². The maximum absolute atomic E-state index is 14.2. The lowest BCUT2D eigenvalue weighted by molar-refractivity contribution is -0.122. The van der Waals surface area contributed by atoms with Crippen LogP contribution in [0.25, 0.3) is 4.85 Å². The third-order valence-electron chi connectivity index (χ3n) is 12.9. The average Bonchev–Trinajstić information content (AvgIpc) is 3.68. The van der Waals surface area contributed by atoms with E-state index in [9.17, 15) is 9.59 Å². The average molecular weight is 980 g/mol. The van der Waals surface area contributed by atoms with E-state index in [1.807, 2.05) is 42.5 Å². The number of hydrogen-bond donors (Lipinski definition) is 1. The zero-order valence-corrected chi connectivity index (χ0v) is 45.4. The summed E-state index contributed by atoms with van der Waals surface area (Å²) in [5.74, 6) is 1.15. The Hall–Kier alpha value is -4.47. The molecule has 8 atom stereocenters. The molecular formula is C57H82N5O7P. The van der Waals surface area contributed by atoms with Crippen LogP contribution < -0.4 is 15.7 Å². The number of nitrogens with zero attached hydrogens (tertiary/aromatic N) is 4. The Labute approximate surface area is 421 Å². The molecule has 13 heteroatoms. The van der Waals surface area contributed by atoms with Gasteiger partial charge in [0.1, 0.15) is 36.1 Å². The normalized spacial score (nSPS) is 19.1. The quantitative estimate of drug-likeness (QED) is 0.0317. The Morgan fingerprint density at radius 3 is 2.03 bits per heavy atom. The van der Waals surface area contributed by atoms with Crippen molar-refractivity contribution in [1.82, 2.24) is 14.2 Å². The number of anilines is 1. The number of nitrogens with one attached hydrogen (secondary N) is 1. The van der Waals surface area contributed by atoms with Gasteiger partial charge >= 0.3 is 5.69 Å². The van der Waals surface area contributed by atoms with Crippen molar-refractivity contribution in [2.75, 3.05) is 32.2 Å². The minimum absolute atomic E-state index is 0.0474. The Morgan fingerprint density at radius 2 is 1.47 bits per heavy atom. The number of carbonyl (C=O) groups excluding carboxylic acids is 1. The Kier molecular flexibility index (Phi) is 20.4. The number of aryl methyl sites for hydroxylation is 1. The molecule has 382 valence electrons. The highest BCUT2D eigenvalue weighted by molar-refractivity contribution is 7.44. The third kappa shape index (κ3) is 15.5. The third-order valence-corrected chi connectivity index (χ3v) is 15.1.